The Bertz CT molecular complexity index is 516. The van der Waals surface area contributed by atoms with E-state index in [9.17, 15) is 9.59 Å². The molecule has 0 aromatic heterocycles. The first-order chi connectivity index (χ1) is 19.9. The Morgan fingerprint density at radius 2 is 0.659 bits per heavy atom. The Morgan fingerprint density at radius 1 is 0.415 bits per heavy atom. The Kier molecular flexibility index (Phi) is 31.7. The fraction of sp³-hybridized carbons (Fsp3) is 0.944. The highest BCUT2D eigenvalue weighted by molar-refractivity contribution is 8.00. The van der Waals surface area contributed by atoms with E-state index in [1.807, 2.05) is 0 Å². The highest BCUT2D eigenvalue weighted by Crippen LogP contribution is 2.15. The van der Waals surface area contributed by atoms with Gasteiger partial charge < -0.3 is 9.47 Å². The summed E-state index contributed by atoms with van der Waals surface area (Å²) in [5, 5.41) is 0. The van der Waals surface area contributed by atoms with Crippen LogP contribution in [-0.4, -0.2) is 36.7 Å². The largest absolute Gasteiger partial charge is 0.465 e. The summed E-state index contributed by atoms with van der Waals surface area (Å²) in [5.74, 6) is 1.71. The van der Waals surface area contributed by atoms with E-state index < -0.39 is 0 Å². The van der Waals surface area contributed by atoms with Gasteiger partial charge in [-0.15, -0.1) is 11.8 Å². The number of esters is 2. The van der Waals surface area contributed by atoms with E-state index in [-0.39, 0.29) is 23.4 Å². The second-order valence-electron chi connectivity index (χ2n) is 13.1. The lowest BCUT2D eigenvalue weighted by Gasteiger charge is -2.07. The molecule has 0 heterocycles. The summed E-state index contributed by atoms with van der Waals surface area (Å²) in [6, 6.07) is 0. The maximum Gasteiger partial charge on any atom is 0.315 e. The monoisotopic (exact) mass is 598 g/mol. The molecule has 0 unspecified atom stereocenters. The van der Waals surface area contributed by atoms with Crippen LogP contribution in [0.5, 0.6) is 0 Å². The van der Waals surface area contributed by atoms with Crippen LogP contribution >= 0.6 is 11.8 Å². The van der Waals surface area contributed by atoms with Gasteiger partial charge >= 0.3 is 11.9 Å². The third-order valence-electron chi connectivity index (χ3n) is 7.82. The van der Waals surface area contributed by atoms with E-state index in [2.05, 4.69) is 27.7 Å². The van der Waals surface area contributed by atoms with Gasteiger partial charge in [0.15, 0.2) is 0 Å². The molecule has 0 rings (SSSR count). The Morgan fingerprint density at radius 3 is 0.927 bits per heavy atom. The fourth-order valence-corrected chi connectivity index (χ4v) is 5.77. The Hall–Kier alpha value is -0.710. The minimum atomic E-state index is -0.220. The molecule has 0 amide bonds. The van der Waals surface area contributed by atoms with Gasteiger partial charge in [-0.05, 0) is 24.7 Å². The third-order valence-corrected chi connectivity index (χ3v) is 8.70. The molecule has 0 N–H and O–H groups in total. The highest BCUT2D eigenvalue weighted by Gasteiger charge is 2.08. The molecular weight excluding hydrogens is 528 g/mol. The lowest BCUT2D eigenvalue weighted by atomic mass is 10.0. The van der Waals surface area contributed by atoms with Gasteiger partial charge in [0.2, 0.25) is 0 Å². The van der Waals surface area contributed by atoms with E-state index in [0.717, 1.165) is 37.5 Å². The number of thioether (sulfide) groups is 1. The number of carbonyl (C=O) groups is 2. The molecule has 0 aliphatic carbocycles. The van der Waals surface area contributed by atoms with Crippen molar-refractivity contribution >= 4 is 23.7 Å². The molecule has 0 aliphatic rings. The Labute approximate surface area is 260 Å². The molecule has 5 heteroatoms. The quantitative estimate of drug-likeness (QED) is 0.0569. The van der Waals surface area contributed by atoms with Gasteiger partial charge in [-0.25, -0.2) is 0 Å². The van der Waals surface area contributed by atoms with Gasteiger partial charge in [-0.3, -0.25) is 9.59 Å². The molecule has 0 fully saturated rings. The minimum Gasteiger partial charge on any atom is -0.465 e. The van der Waals surface area contributed by atoms with Crippen molar-refractivity contribution in [1.29, 1.82) is 0 Å². The molecule has 0 aliphatic heterocycles. The van der Waals surface area contributed by atoms with Crippen LogP contribution in [0.1, 0.15) is 182 Å². The number of hydrogen-bond acceptors (Lipinski definition) is 5. The predicted octanol–water partition coefficient (Wildman–Crippen LogP) is 11.5. The summed E-state index contributed by atoms with van der Waals surface area (Å²) in [7, 11) is 0. The first-order valence-electron chi connectivity index (χ1n) is 17.8. The molecule has 244 valence electrons. The van der Waals surface area contributed by atoms with Crippen LogP contribution in [0.3, 0.4) is 0 Å². The van der Waals surface area contributed by atoms with Crippen LogP contribution in [0.15, 0.2) is 0 Å². The summed E-state index contributed by atoms with van der Waals surface area (Å²) in [6.45, 7) is 10.2. The topological polar surface area (TPSA) is 52.6 Å². The van der Waals surface area contributed by atoms with Gasteiger partial charge in [-0.1, -0.05) is 169 Å². The van der Waals surface area contributed by atoms with Crippen LogP contribution in [0.2, 0.25) is 0 Å². The average Bonchev–Trinajstić information content (AvgIpc) is 2.93. The first-order valence-corrected chi connectivity index (χ1v) is 19.0. The summed E-state index contributed by atoms with van der Waals surface area (Å²) in [5.41, 5.74) is 0. The van der Waals surface area contributed by atoms with Crippen LogP contribution in [0.25, 0.3) is 0 Å². The van der Waals surface area contributed by atoms with Gasteiger partial charge in [0.05, 0.1) is 24.7 Å². The van der Waals surface area contributed by atoms with Crippen molar-refractivity contribution in [2.24, 2.45) is 11.8 Å². The zero-order valence-corrected chi connectivity index (χ0v) is 28.8. The zero-order chi connectivity index (χ0) is 30.2. The van der Waals surface area contributed by atoms with Crippen molar-refractivity contribution in [2.45, 2.75) is 182 Å². The van der Waals surface area contributed by atoms with Crippen molar-refractivity contribution < 1.29 is 19.1 Å². The average molecular weight is 599 g/mol. The maximum atomic E-state index is 11.9. The standard InChI is InChI=1S/C36H70O4S/c1-33(2)27-23-19-15-11-7-5-9-13-17-21-25-29-39-35(37)31-41-32-36(38)40-30-26-22-18-14-10-6-8-12-16-20-24-28-34(3)4/h33-34H,5-32H2,1-4H3. The molecule has 0 bridgehead atoms. The second-order valence-corrected chi connectivity index (χ2v) is 14.1. The molecule has 0 spiro atoms. The predicted molar refractivity (Wildman–Crippen MR) is 180 cm³/mol. The summed E-state index contributed by atoms with van der Waals surface area (Å²) < 4.78 is 10.6. The molecule has 0 saturated carbocycles. The molecule has 0 aromatic rings. The van der Waals surface area contributed by atoms with Crippen molar-refractivity contribution in [3.63, 3.8) is 0 Å². The second kappa shape index (κ2) is 32.2. The van der Waals surface area contributed by atoms with Gasteiger partial charge in [-0.2, -0.15) is 0 Å². The lowest BCUT2D eigenvalue weighted by Crippen LogP contribution is -2.13. The molecule has 4 nitrogen and oxygen atoms in total. The molecule has 0 saturated heterocycles. The zero-order valence-electron chi connectivity index (χ0n) is 28.0. The van der Waals surface area contributed by atoms with Crippen LogP contribution in [0, 0.1) is 11.8 Å². The first kappa shape index (κ1) is 40.3. The summed E-state index contributed by atoms with van der Waals surface area (Å²) in [6.07, 6.45) is 31.2. The van der Waals surface area contributed by atoms with Crippen LogP contribution in [0.4, 0.5) is 0 Å². The fourth-order valence-electron chi connectivity index (χ4n) is 5.16. The molecular formula is C36H70O4S. The number of rotatable bonds is 32. The van der Waals surface area contributed by atoms with E-state index in [4.69, 9.17) is 9.47 Å². The Balaban J connectivity index is 3.28. The summed E-state index contributed by atoms with van der Waals surface area (Å²) >= 11 is 1.29. The number of unbranched alkanes of at least 4 members (excludes halogenated alkanes) is 20. The molecule has 0 atom stereocenters. The van der Waals surface area contributed by atoms with E-state index >= 15 is 0 Å². The number of hydrogen-bond donors (Lipinski definition) is 0. The third kappa shape index (κ3) is 35.4. The SMILES string of the molecule is CC(C)CCCCCCCCCCCCCOC(=O)CSCC(=O)OCCCCCCCCCCCCCC(C)C. The maximum absolute atomic E-state index is 11.9. The summed E-state index contributed by atoms with van der Waals surface area (Å²) in [4.78, 5) is 23.7. The smallest absolute Gasteiger partial charge is 0.315 e. The number of carbonyl (C=O) groups excluding carboxylic acids is 2. The van der Waals surface area contributed by atoms with Gasteiger partial charge in [0, 0.05) is 0 Å². The van der Waals surface area contributed by atoms with E-state index in [1.165, 1.54) is 140 Å². The van der Waals surface area contributed by atoms with Gasteiger partial charge in [0.25, 0.3) is 0 Å². The van der Waals surface area contributed by atoms with E-state index in [0.29, 0.717) is 13.2 Å². The lowest BCUT2D eigenvalue weighted by molar-refractivity contribution is -0.140. The highest BCUT2D eigenvalue weighted by atomic mass is 32.2. The molecule has 0 radical (unpaired) electrons. The number of ether oxygens (including phenoxy) is 2. The van der Waals surface area contributed by atoms with E-state index in [1.54, 1.807) is 0 Å². The molecule has 41 heavy (non-hydrogen) atoms. The van der Waals surface area contributed by atoms with Crippen molar-refractivity contribution in [3.05, 3.63) is 0 Å². The molecule has 0 aromatic carbocycles. The van der Waals surface area contributed by atoms with Crippen molar-refractivity contribution in [1.82, 2.24) is 0 Å². The minimum absolute atomic E-state index is 0.220. The van der Waals surface area contributed by atoms with Crippen molar-refractivity contribution in [2.75, 3.05) is 24.7 Å². The van der Waals surface area contributed by atoms with Crippen LogP contribution in [-0.2, 0) is 19.1 Å². The normalized spacial score (nSPS) is 11.5. The van der Waals surface area contributed by atoms with Crippen LogP contribution < -0.4 is 0 Å². The van der Waals surface area contributed by atoms with Gasteiger partial charge in [0.1, 0.15) is 0 Å². The van der Waals surface area contributed by atoms with Crippen molar-refractivity contribution in [3.8, 4) is 0 Å².